The smallest absolute Gasteiger partial charge is 0.261 e. The number of hydrogen-bond donors (Lipinski definition) is 2. The van der Waals surface area contributed by atoms with Crippen molar-refractivity contribution in [3.8, 4) is 0 Å². The number of halogens is 1. The number of nitrogens with zero attached hydrogens (tertiary/aromatic N) is 3. The van der Waals surface area contributed by atoms with Crippen LogP contribution in [0.25, 0.3) is 10.9 Å². The Kier molecular flexibility index (Phi) is 7.02. The van der Waals surface area contributed by atoms with Gasteiger partial charge in [0.15, 0.2) is 5.78 Å². The van der Waals surface area contributed by atoms with Crippen molar-refractivity contribution in [2.24, 2.45) is 0 Å². The quantitative estimate of drug-likeness (QED) is 0.525. The maximum atomic E-state index is 13.0. The molecule has 3 heterocycles. The first-order valence-corrected chi connectivity index (χ1v) is 11.5. The Hall–Kier alpha value is -2.26. The van der Waals surface area contributed by atoms with E-state index in [-0.39, 0.29) is 30.3 Å². The lowest BCUT2D eigenvalue weighted by molar-refractivity contribution is -0.121. The SMILES string of the molecule is O=C(C[C@@H]1NCCC[C@H]1O)Cn1cnc2cc(Cl)c(SCc3ccncc3)cc2c1=O. The predicted molar refractivity (Wildman–Crippen MR) is 121 cm³/mol. The van der Waals surface area contributed by atoms with Gasteiger partial charge in [0.2, 0.25) is 0 Å². The second-order valence-electron chi connectivity index (χ2n) is 7.63. The van der Waals surface area contributed by atoms with Gasteiger partial charge in [0.1, 0.15) is 0 Å². The fourth-order valence-corrected chi connectivity index (χ4v) is 4.90. The zero-order valence-electron chi connectivity index (χ0n) is 16.8. The van der Waals surface area contributed by atoms with Crippen LogP contribution in [0.1, 0.15) is 24.8 Å². The van der Waals surface area contributed by atoms with Crippen molar-refractivity contribution in [3.63, 3.8) is 0 Å². The minimum Gasteiger partial charge on any atom is -0.391 e. The highest BCUT2D eigenvalue weighted by molar-refractivity contribution is 7.98. The molecule has 3 aromatic rings. The maximum absolute atomic E-state index is 13.0. The Balaban J connectivity index is 1.52. The van der Waals surface area contributed by atoms with Gasteiger partial charge in [-0.3, -0.25) is 19.1 Å². The van der Waals surface area contributed by atoms with Crippen molar-refractivity contribution >= 4 is 40.0 Å². The molecule has 0 amide bonds. The molecule has 0 unspecified atom stereocenters. The minimum absolute atomic E-state index is 0.0746. The van der Waals surface area contributed by atoms with Crippen LogP contribution in [-0.2, 0) is 17.1 Å². The first-order valence-electron chi connectivity index (χ1n) is 10.1. The third-order valence-electron chi connectivity index (χ3n) is 5.36. The first kappa shape index (κ1) is 22.0. The van der Waals surface area contributed by atoms with E-state index in [1.807, 2.05) is 12.1 Å². The summed E-state index contributed by atoms with van der Waals surface area (Å²) in [6.07, 6.45) is 6.07. The zero-order valence-corrected chi connectivity index (χ0v) is 18.4. The van der Waals surface area contributed by atoms with E-state index in [4.69, 9.17) is 11.6 Å². The molecule has 1 fully saturated rings. The van der Waals surface area contributed by atoms with E-state index in [9.17, 15) is 14.7 Å². The van der Waals surface area contributed by atoms with Crippen LogP contribution < -0.4 is 10.9 Å². The molecule has 1 aromatic carbocycles. The van der Waals surface area contributed by atoms with Gasteiger partial charge in [0, 0.05) is 35.5 Å². The molecule has 1 aliphatic heterocycles. The van der Waals surface area contributed by atoms with Crippen LogP contribution in [0.2, 0.25) is 5.02 Å². The van der Waals surface area contributed by atoms with Crippen LogP contribution >= 0.6 is 23.4 Å². The number of Topliss-reactive ketones (excluding diaryl/α,β-unsaturated/α-hetero) is 1. The van der Waals surface area contributed by atoms with E-state index in [1.165, 1.54) is 22.7 Å². The number of hydrogen-bond acceptors (Lipinski definition) is 7. The fraction of sp³-hybridized carbons (Fsp3) is 0.364. The third-order valence-corrected chi connectivity index (χ3v) is 6.91. The lowest BCUT2D eigenvalue weighted by Gasteiger charge is -2.28. The van der Waals surface area contributed by atoms with Crippen molar-refractivity contribution in [1.29, 1.82) is 0 Å². The molecule has 2 N–H and O–H groups in total. The van der Waals surface area contributed by atoms with Gasteiger partial charge in [-0.2, -0.15) is 0 Å². The van der Waals surface area contributed by atoms with Gasteiger partial charge in [0.25, 0.3) is 5.56 Å². The number of rotatable bonds is 7. The summed E-state index contributed by atoms with van der Waals surface area (Å²) in [5, 5.41) is 14.2. The number of ketones is 1. The predicted octanol–water partition coefficient (Wildman–Crippen LogP) is 2.81. The van der Waals surface area contributed by atoms with Gasteiger partial charge in [0.05, 0.1) is 34.9 Å². The van der Waals surface area contributed by atoms with Crippen LogP contribution in [0.5, 0.6) is 0 Å². The van der Waals surface area contributed by atoms with Gasteiger partial charge < -0.3 is 10.4 Å². The molecule has 2 atom stereocenters. The molecule has 162 valence electrons. The van der Waals surface area contributed by atoms with E-state index >= 15 is 0 Å². The van der Waals surface area contributed by atoms with Gasteiger partial charge in [-0.05, 0) is 49.2 Å². The molecule has 4 rings (SSSR count). The lowest BCUT2D eigenvalue weighted by Crippen LogP contribution is -2.46. The molecule has 0 radical (unpaired) electrons. The molecular formula is C22H23ClN4O3S. The van der Waals surface area contributed by atoms with Crippen molar-refractivity contribution in [1.82, 2.24) is 19.9 Å². The number of pyridine rings is 1. The van der Waals surface area contributed by atoms with Crippen LogP contribution in [0.15, 0.2) is 52.7 Å². The number of aliphatic hydroxyl groups excluding tert-OH is 1. The number of fused-ring (bicyclic) bond motifs is 1. The topological polar surface area (TPSA) is 97.1 Å². The van der Waals surface area contributed by atoms with Crippen molar-refractivity contribution in [3.05, 3.63) is 63.9 Å². The van der Waals surface area contributed by atoms with E-state index in [0.717, 1.165) is 23.4 Å². The van der Waals surface area contributed by atoms with Crippen LogP contribution in [0.3, 0.4) is 0 Å². The zero-order chi connectivity index (χ0) is 21.8. The highest BCUT2D eigenvalue weighted by Crippen LogP contribution is 2.32. The summed E-state index contributed by atoms with van der Waals surface area (Å²) < 4.78 is 1.32. The average molecular weight is 459 g/mol. The molecule has 0 aliphatic carbocycles. The summed E-state index contributed by atoms with van der Waals surface area (Å²) in [7, 11) is 0. The van der Waals surface area contributed by atoms with Crippen LogP contribution in [0.4, 0.5) is 0 Å². The molecule has 2 aromatic heterocycles. The van der Waals surface area contributed by atoms with Crippen molar-refractivity contribution in [2.45, 2.75) is 48.6 Å². The molecule has 9 heteroatoms. The fourth-order valence-electron chi connectivity index (χ4n) is 3.67. The molecule has 0 bridgehead atoms. The van der Waals surface area contributed by atoms with E-state index in [1.54, 1.807) is 24.5 Å². The van der Waals surface area contributed by atoms with E-state index < -0.39 is 6.10 Å². The summed E-state index contributed by atoms with van der Waals surface area (Å²) in [5.41, 5.74) is 1.32. The molecule has 0 saturated carbocycles. The highest BCUT2D eigenvalue weighted by Gasteiger charge is 2.25. The number of aliphatic hydroxyl groups is 1. The largest absolute Gasteiger partial charge is 0.391 e. The summed E-state index contributed by atoms with van der Waals surface area (Å²) in [6, 6.07) is 7.02. The molecule has 7 nitrogen and oxygen atoms in total. The summed E-state index contributed by atoms with van der Waals surface area (Å²) in [4.78, 5) is 34.6. The van der Waals surface area contributed by atoms with E-state index in [0.29, 0.717) is 28.1 Å². The number of nitrogens with one attached hydrogen (secondary N) is 1. The Morgan fingerprint density at radius 2 is 2.13 bits per heavy atom. The Bertz CT molecular complexity index is 1140. The number of carbonyl (C=O) groups excluding carboxylic acids is 1. The van der Waals surface area contributed by atoms with Gasteiger partial charge in [-0.15, -0.1) is 11.8 Å². The normalized spacial score (nSPS) is 18.9. The van der Waals surface area contributed by atoms with Crippen LogP contribution in [0, 0.1) is 0 Å². The second-order valence-corrected chi connectivity index (χ2v) is 9.06. The third kappa shape index (κ3) is 5.33. The Labute approximate surface area is 188 Å². The molecule has 0 spiro atoms. The monoisotopic (exact) mass is 458 g/mol. The lowest BCUT2D eigenvalue weighted by atomic mass is 9.97. The summed E-state index contributed by atoms with van der Waals surface area (Å²) in [6.45, 7) is 0.710. The van der Waals surface area contributed by atoms with Gasteiger partial charge in [-0.25, -0.2) is 4.98 Å². The first-order chi connectivity index (χ1) is 15.0. The Morgan fingerprint density at radius 3 is 2.90 bits per heavy atom. The minimum atomic E-state index is -0.536. The number of carbonyl (C=O) groups is 1. The molecule has 1 saturated heterocycles. The number of benzene rings is 1. The van der Waals surface area contributed by atoms with Gasteiger partial charge >= 0.3 is 0 Å². The van der Waals surface area contributed by atoms with Gasteiger partial charge in [-0.1, -0.05) is 11.6 Å². The van der Waals surface area contributed by atoms with Crippen molar-refractivity contribution < 1.29 is 9.90 Å². The highest BCUT2D eigenvalue weighted by atomic mass is 35.5. The number of piperidine rings is 1. The van der Waals surface area contributed by atoms with Crippen LogP contribution in [-0.4, -0.2) is 44.1 Å². The summed E-state index contributed by atoms with van der Waals surface area (Å²) >= 11 is 7.93. The van der Waals surface area contributed by atoms with E-state index in [2.05, 4.69) is 15.3 Å². The average Bonchev–Trinajstić information content (AvgIpc) is 2.77. The standard InChI is InChI=1S/C22H23ClN4O3S/c23-17-10-18-16(9-21(17)31-12-14-3-6-24-7-4-14)22(30)27(13-26-18)11-15(28)8-19-20(29)2-1-5-25-19/h3-4,6-7,9-10,13,19-20,25,29H,1-2,5,8,11-12H2/t19-,20+/m0/s1. The van der Waals surface area contributed by atoms with Crippen molar-refractivity contribution in [2.75, 3.05) is 6.54 Å². The summed E-state index contributed by atoms with van der Waals surface area (Å²) in [5.74, 6) is 0.570. The molecular weight excluding hydrogens is 436 g/mol. The Morgan fingerprint density at radius 1 is 1.32 bits per heavy atom. The molecule has 31 heavy (non-hydrogen) atoms. The number of thioether (sulfide) groups is 1. The number of aromatic nitrogens is 3. The molecule has 1 aliphatic rings. The second kappa shape index (κ2) is 9.91. The maximum Gasteiger partial charge on any atom is 0.261 e.